The van der Waals surface area contributed by atoms with Crippen molar-refractivity contribution in [2.45, 2.75) is 13.0 Å². The second-order valence-corrected chi connectivity index (χ2v) is 5.46. The lowest BCUT2D eigenvalue weighted by atomic mass is 10.1. The van der Waals surface area contributed by atoms with E-state index < -0.39 is 0 Å². The van der Waals surface area contributed by atoms with Crippen molar-refractivity contribution in [1.29, 1.82) is 0 Å². The first kappa shape index (κ1) is 12.0. The fraction of sp³-hybridized carbons (Fsp3) is 0.133. The third-order valence-corrected chi connectivity index (χ3v) is 3.97. The molecule has 0 unspecified atom stereocenters. The molecule has 0 spiro atoms. The van der Waals surface area contributed by atoms with Crippen molar-refractivity contribution >= 4 is 17.0 Å². The molecule has 1 aromatic carbocycles. The van der Waals surface area contributed by atoms with Gasteiger partial charge in [-0.15, -0.1) is 11.3 Å². The predicted molar refractivity (Wildman–Crippen MR) is 79.3 cm³/mol. The average molecular weight is 269 g/mol. The van der Waals surface area contributed by atoms with Crippen molar-refractivity contribution in [3.05, 3.63) is 70.4 Å². The summed E-state index contributed by atoms with van der Waals surface area (Å²) in [6, 6.07) is 12.2. The quantitative estimate of drug-likeness (QED) is 0.739. The normalized spacial score (nSPS) is 10.7. The van der Waals surface area contributed by atoms with Crippen molar-refractivity contribution in [2.24, 2.45) is 0 Å². The fourth-order valence-corrected chi connectivity index (χ4v) is 2.79. The van der Waals surface area contributed by atoms with Crippen LogP contribution in [0.4, 0.5) is 5.69 Å². The highest BCUT2D eigenvalue weighted by Crippen LogP contribution is 2.17. The van der Waals surface area contributed by atoms with Gasteiger partial charge in [0, 0.05) is 29.4 Å². The number of nitrogens with zero attached hydrogens (tertiary/aromatic N) is 2. The van der Waals surface area contributed by atoms with Gasteiger partial charge in [-0.2, -0.15) is 0 Å². The molecule has 3 rings (SSSR count). The SMILES string of the molecule is Nc1ccccc1Cc1nccn1Cc1cccs1. The monoisotopic (exact) mass is 269 g/mol. The minimum atomic E-state index is 0.769. The Hall–Kier alpha value is -2.07. The van der Waals surface area contributed by atoms with Crippen LogP contribution < -0.4 is 5.73 Å². The molecule has 0 saturated carbocycles. The number of anilines is 1. The molecule has 96 valence electrons. The Morgan fingerprint density at radius 3 is 2.84 bits per heavy atom. The maximum absolute atomic E-state index is 5.99. The summed E-state index contributed by atoms with van der Waals surface area (Å²) < 4.78 is 2.18. The number of nitrogens with two attached hydrogens (primary N) is 1. The summed E-state index contributed by atoms with van der Waals surface area (Å²) in [7, 11) is 0. The predicted octanol–water partition coefficient (Wildman–Crippen LogP) is 3.17. The van der Waals surface area contributed by atoms with Crippen LogP contribution in [0.2, 0.25) is 0 Å². The minimum absolute atomic E-state index is 0.769. The summed E-state index contributed by atoms with van der Waals surface area (Å²) in [6.07, 6.45) is 4.64. The van der Waals surface area contributed by atoms with Gasteiger partial charge >= 0.3 is 0 Å². The van der Waals surface area contributed by atoms with Crippen LogP contribution in [-0.2, 0) is 13.0 Å². The van der Waals surface area contributed by atoms with E-state index >= 15 is 0 Å². The van der Waals surface area contributed by atoms with Gasteiger partial charge in [-0.25, -0.2) is 4.98 Å². The maximum Gasteiger partial charge on any atom is 0.113 e. The second kappa shape index (κ2) is 5.28. The molecular formula is C15H15N3S. The number of rotatable bonds is 4. The van der Waals surface area contributed by atoms with Crippen LogP contribution in [-0.4, -0.2) is 9.55 Å². The van der Waals surface area contributed by atoms with Crippen LogP contribution in [0, 0.1) is 0 Å². The standard InChI is InChI=1S/C15H15N3S/c16-14-6-2-1-4-12(14)10-15-17-7-8-18(15)11-13-5-3-9-19-13/h1-9H,10-11,16H2. The summed E-state index contributed by atoms with van der Waals surface area (Å²) in [6.45, 7) is 0.875. The number of hydrogen-bond acceptors (Lipinski definition) is 3. The molecule has 2 aromatic heterocycles. The van der Waals surface area contributed by atoms with Crippen LogP contribution in [0.1, 0.15) is 16.3 Å². The molecule has 3 nitrogen and oxygen atoms in total. The third kappa shape index (κ3) is 2.69. The highest BCUT2D eigenvalue weighted by Gasteiger charge is 2.07. The minimum Gasteiger partial charge on any atom is -0.398 e. The largest absolute Gasteiger partial charge is 0.398 e. The lowest BCUT2D eigenvalue weighted by Crippen LogP contribution is -2.05. The Labute approximate surface area is 116 Å². The molecule has 0 aliphatic rings. The number of imidazole rings is 1. The van der Waals surface area contributed by atoms with Crippen molar-refractivity contribution in [3.63, 3.8) is 0 Å². The summed E-state index contributed by atoms with van der Waals surface area (Å²) in [5, 5.41) is 2.10. The number of benzene rings is 1. The summed E-state index contributed by atoms with van der Waals surface area (Å²) in [5.74, 6) is 1.05. The van der Waals surface area contributed by atoms with Gasteiger partial charge in [0.15, 0.2) is 0 Å². The van der Waals surface area contributed by atoms with E-state index in [1.165, 1.54) is 4.88 Å². The molecule has 0 amide bonds. The van der Waals surface area contributed by atoms with Crippen LogP contribution in [0.3, 0.4) is 0 Å². The molecule has 19 heavy (non-hydrogen) atoms. The van der Waals surface area contributed by atoms with E-state index in [9.17, 15) is 0 Å². The first-order valence-electron chi connectivity index (χ1n) is 6.19. The molecule has 0 atom stereocenters. The molecule has 0 aliphatic carbocycles. The molecular weight excluding hydrogens is 254 g/mol. The molecule has 0 fully saturated rings. The number of aromatic nitrogens is 2. The summed E-state index contributed by atoms with van der Waals surface area (Å²) in [4.78, 5) is 5.78. The average Bonchev–Trinajstić information content (AvgIpc) is 3.06. The Morgan fingerprint density at radius 2 is 2.05 bits per heavy atom. The number of para-hydroxylation sites is 1. The van der Waals surface area contributed by atoms with Crippen molar-refractivity contribution in [1.82, 2.24) is 9.55 Å². The molecule has 0 bridgehead atoms. The van der Waals surface area contributed by atoms with Crippen LogP contribution >= 0.6 is 11.3 Å². The van der Waals surface area contributed by atoms with Gasteiger partial charge in [0.25, 0.3) is 0 Å². The lowest BCUT2D eigenvalue weighted by Gasteiger charge is -2.08. The van der Waals surface area contributed by atoms with E-state index in [0.717, 1.165) is 30.0 Å². The third-order valence-electron chi connectivity index (χ3n) is 3.11. The van der Waals surface area contributed by atoms with Crippen LogP contribution in [0.25, 0.3) is 0 Å². The van der Waals surface area contributed by atoms with Crippen LogP contribution in [0.15, 0.2) is 54.2 Å². The van der Waals surface area contributed by atoms with Gasteiger partial charge < -0.3 is 10.3 Å². The lowest BCUT2D eigenvalue weighted by molar-refractivity contribution is 0.750. The molecule has 4 heteroatoms. The highest BCUT2D eigenvalue weighted by molar-refractivity contribution is 7.09. The zero-order valence-corrected chi connectivity index (χ0v) is 11.3. The first-order valence-corrected chi connectivity index (χ1v) is 7.06. The Morgan fingerprint density at radius 1 is 1.16 bits per heavy atom. The van der Waals surface area contributed by atoms with E-state index in [1.807, 2.05) is 30.6 Å². The number of thiophene rings is 1. The van der Waals surface area contributed by atoms with E-state index in [2.05, 4.69) is 33.1 Å². The van der Waals surface area contributed by atoms with Crippen molar-refractivity contribution < 1.29 is 0 Å². The van der Waals surface area contributed by atoms with Crippen LogP contribution in [0.5, 0.6) is 0 Å². The Balaban J connectivity index is 1.83. The van der Waals surface area contributed by atoms with E-state index in [1.54, 1.807) is 11.3 Å². The van der Waals surface area contributed by atoms with Crippen molar-refractivity contribution in [3.8, 4) is 0 Å². The van der Waals surface area contributed by atoms with Gasteiger partial charge in [0.1, 0.15) is 5.82 Å². The van der Waals surface area contributed by atoms with Crippen molar-refractivity contribution in [2.75, 3.05) is 5.73 Å². The maximum atomic E-state index is 5.99. The fourth-order valence-electron chi connectivity index (χ4n) is 2.09. The summed E-state index contributed by atoms with van der Waals surface area (Å²) in [5.41, 5.74) is 7.94. The van der Waals surface area contributed by atoms with E-state index in [4.69, 9.17) is 5.73 Å². The molecule has 0 radical (unpaired) electrons. The molecule has 2 N–H and O–H groups in total. The van der Waals surface area contributed by atoms with Gasteiger partial charge in [0.2, 0.25) is 0 Å². The number of hydrogen-bond donors (Lipinski definition) is 1. The zero-order chi connectivity index (χ0) is 13.1. The van der Waals surface area contributed by atoms with Gasteiger partial charge in [-0.05, 0) is 23.1 Å². The first-order chi connectivity index (χ1) is 9.33. The Bertz CT molecular complexity index is 656. The Kier molecular flexibility index (Phi) is 3.33. The molecule has 0 aliphatic heterocycles. The highest BCUT2D eigenvalue weighted by atomic mass is 32.1. The zero-order valence-electron chi connectivity index (χ0n) is 10.5. The van der Waals surface area contributed by atoms with Gasteiger partial charge in [-0.3, -0.25) is 0 Å². The second-order valence-electron chi connectivity index (χ2n) is 4.43. The molecule has 3 aromatic rings. The summed E-state index contributed by atoms with van der Waals surface area (Å²) >= 11 is 1.77. The van der Waals surface area contributed by atoms with Gasteiger partial charge in [0.05, 0.1) is 6.54 Å². The number of nitrogen functional groups attached to an aromatic ring is 1. The molecule has 0 saturated heterocycles. The van der Waals surface area contributed by atoms with E-state index in [-0.39, 0.29) is 0 Å². The smallest absolute Gasteiger partial charge is 0.113 e. The van der Waals surface area contributed by atoms with E-state index in [0.29, 0.717) is 0 Å². The molecule has 2 heterocycles. The van der Waals surface area contributed by atoms with Gasteiger partial charge in [-0.1, -0.05) is 24.3 Å². The topological polar surface area (TPSA) is 43.8 Å².